The lowest BCUT2D eigenvalue weighted by Crippen LogP contribution is -2.38. The number of nitrogens with one attached hydrogen (secondary N) is 1. The lowest BCUT2D eigenvalue weighted by atomic mass is 10.1. The molecule has 0 aromatic heterocycles. The van der Waals surface area contributed by atoms with Crippen LogP contribution in [-0.2, 0) is 9.59 Å². The fourth-order valence-corrected chi connectivity index (χ4v) is 1.66. The molecular formula is C15H18N2O4. The highest BCUT2D eigenvalue weighted by atomic mass is 16.4. The lowest BCUT2D eigenvalue weighted by molar-refractivity contribution is -0.131. The third kappa shape index (κ3) is 5.48. The molecule has 0 heterocycles. The molecule has 0 aliphatic heterocycles. The minimum Gasteiger partial charge on any atom is -0.478 e. The topological polar surface area (TPSA) is 86.7 Å². The van der Waals surface area contributed by atoms with Gasteiger partial charge in [-0.1, -0.05) is 12.1 Å². The van der Waals surface area contributed by atoms with Crippen LogP contribution in [-0.4, -0.2) is 47.9 Å². The van der Waals surface area contributed by atoms with Crippen LogP contribution in [0.25, 0.3) is 6.08 Å². The van der Waals surface area contributed by atoms with E-state index < -0.39 is 5.97 Å². The Kier molecular flexibility index (Phi) is 6.13. The number of nitrogens with zero attached hydrogens (tertiary/aromatic N) is 1. The Hall–Kier alpha value is -2.63. The smallest absolute Gasteiger partial charge is 0.328 e. The fourth-order valence-electron chi connectivity index (χ4n) is 1.66. The minimum absolute atomic E-state index is 0.00661. The van der Waals surface area contributed by atoms with Crippen LogP contribution in [0.3, 0.4) is 0 Å². The van der Waals surface area contributed by atoms with E-state index in [0.29, 0.717) is 17.7 Å². The molecular weight excluding hydrogens is 272 g/mol. The van der Waals surface area contributed by atoms with E-state index in [0.717, 1.165) is 6.08 Å². The second-order valence-corrected chi connectivity index (χ2v) is 4.41. The lowest BCUT2D eigenvalue weighted by Gasteiger charge is -2.16. The molecule has 6 nitrogen and oxygen atoms in total. The van der Waals surface area contributed by atoms with Crippen LogP contribution < -0.4 is 5.32 Å². The van der Waals surface area contributed by atoms with E-state index >= 15 is 0 Å². The first-order chi connectivity index (χ1) is 9.93. The maximum Gasteiger partial charge on any atom is 0.328 e. The van der Waals surface area contributed by atoms with Crippen molar-refractivity contribution in [2.45, 2.75) is 6.92 Å². The SMILES string of the molecule is CCNC(=O)CN(C)C(=O)c1ccc(C=CC(=O)O)cc1. The van der Waals surface area contributed by atoms with Crippen molar-refractivity contribution in [3.63, 3.8) is 0 Å². The molecule has 6 heteroatoms. The minimum atomic E-state index is -1.03. The molecule has 21 heavy (non-hydrogen) atoms. The summed E-state index contributed by atoms with van der Waals surface area (Å²) in [4.78, 5) is 35.3. The van der Waals surface area contributed by atoms with Crippen molar-refractivity contribution < 1.29 is 19.5 Å². The molecule has 0 fully saturated rings. The Labute approximate surface area is 123 Å². The van der Waals surface area contributed by atoms with Gasteiger partial charge in [-0.25, -0.2) is 4.79 Å². The summed E-state index contributed by atoms with van der Waals surface area (Å²) in [6.07, 6.45) is 2.47. The molecule has 112 valence electrons. The van der Waals surface area contributed by atoms with Crippen LogP contribution in [0.1, 0.15) is 22.8 Å². The van der Waals surface area contributed by atoms with Crippen molar-refractivity contribution in [1.29, 1.82) is 0 Å². The van der Waals surface area contributed by atoms with E-state index in [1.165, 1.54) is 11.0 Å². The van der Waals surface area contributed by atoms with Gasteiger partial charge in [-0.2, -0.15) is 0 Å². The predicted octanol–water partition coefficient (Wildman–Crippen LogP) is 0.992. The number of carbonyl (C=O) groups excluding carboxylic acids is 2. The maximum absolute atomic E-state index is 12.1. The molecule has 0 radical (unpaired) electrons. The number of rotatable bonds is 6. The average Bonchev–Trinajstić information content (AvgIpc) is 2.45. The number of carboxylic acids is 1. The molecule has 0 atom stereocenters. The highest BCUT2D eigenvalue weighted by Gasteiger charge is 2.14. The van der Waals surface area contributed by atoms with E-state index in [1.807, 2.05) is 6.92 Å². The van der Waals surface area contributed by atoms with Gasteiger partial charge in [-0.15, -0.1) is 0 Å². The highest BCUT2D eigenvalue weighted by Crippen LogP contribution is 2.08. The highest BCUT2D eigenvalue weighted by molar-refractivity contribution is 5.96. The number of likely N-dealkylation sites (N-methyl/N-ethyl adjacent to an activating group) is 2. The average molecular weight is 290 g/mol. The number of aliphatic carboxylic acids is 1. The van der Waals surface area contributed by atoms with E-state index in [1.54, 1.807) is 31.3 Å². The Bertz CT molecular complexity index is 549. The number of hydrogen-bond donors (Lipinski definition) is 2. The van der Waals surface area contributed by atoms with E-state index in [2.05, 4.69) is 5.32 Å². The summed E-state index contributed by atoms with van der Waals surface area (Å²) in [5, 5.41) is 11.2. The Balaban J connectivity index is 2.70. The van der Waals surface area contributed by atoms with Crippen molar-refractivity contribution in [1.82, 2.24) is 10.2 Å². The molecule has 0 unspecified atom stereocenters. The summed E-state index contributed by atoms with van der Waals surface area (Å²) >= 11 is 0. The monoisotopic (exact) mass is 290 g/mol. The first-order valence-electron chi connectivity index (χ1n) is 6.47. The van der Waals surface area contributed by atoms with Crippen LogP contribution in [0.5, 0.6) is 0 Å². The van der Waals surface area contributed by atoms with Crippen LogP contribution >= 0.6 is 0 Å². The van der Waals surface area contributed by atoms with Gasteiger partial charge in [0.25, 0.3) is 5.91 Å². The van der Waals surface area contributed by atoms with Crippen LogP contribution in [0.15, 0.2) is 30.3 Å². The van der Waals surface area contributed by atoms with Gasteiger partial charge in [0.05, 0.1) is 6.54 Å². The molecule has 2 amide bonds. The zero-order chi connectivity index (χ0) is 15.8. The third-order valence-corrected chi connectivity index (χ3v) is 2.68. The van der Waals surface area contributed by atoms with E-state index in [4.69, 9.17) is 5.11 Å². The Morgan fingerprint density at radius 1 is 1.24 bits per heavy atom. The van der Waals surface area contributed by atoms with E-state index in [-0.39, 0.29) is 18.4 Å². The molecule has 1 rings (SSSR count). The largest absolute Gasteiger partial charge is 0.478 e. The molecule has 0 aliphatic carbocycles. The van der Waals surface area contributed by atoms with Gasteiger partial charge >= 0.3 is 5.97 Å². The third-order valence-electron chi connectivity index (χ3n) is 2.68. The number of benzene rings is 1. The van der Waals surface area contributed by atoms with Crippen LogP contribution in [0.4, 0.5) is 0 Å². The second-order valence-electron chi connectivity index (χ2n) is 4.41. The first kappa shape index (κ1) is 16.4. The normalized spacial score (nSPS) is 10.4. The van der Waals surface area contributed by atoms with Gasteiger partial charge in [0.1, 0.15) is 0 Å². The molecule has 1 aromatic carbocycles. The summed E-state index contributed by atoms with van der Waals surface area (Å²) in [5.41, 5.74) is 1.12. The van der Waals surface area contributed by atoms with Crippen LogP contribution in [0.2, 0.25) is 0 Å². The van der Waals surface area contributed by atoms with Gasteiger partial charge in [0.15, 0.2) is 0 Å². The van der Waals surface area contributed by atoms with Gasteiger partial charge < -0.3 is 15.3 Å². The summed E-state index contributed by atoms with van der Waals surface area (Å²) in [5.74, 6) is -1.51. The quantitative estimate of drug-likeness (QED) is 0.765. The first-order valence-corrected chi connectivity index (χ1v) is 6.47. The molecule has 2 N–H and O–H groups in total. The molecule has 1 aromatic rings. The molecule has 0 aliphatic rings. The van der Waals surface area contributed by atoms with Gasteiger partial charge in [-0.3, -0.25) is 9.59 Å². The number of amides is 2. The van der Waals surface area contributed by atoms with Gasteiger partial charge in [0, 0.05) is 25.2 Å². The van der Waals surface area contributed by atoms with Crippen molar-refractivity contribution in [2.24, 2.45) is 0 Å². The molecule has 0 spiro atoms. The second kappa shape index (κ2) is 7.84. The maximum atomic E-state index is 12.1. The number of hydrogen-bond acceptors (Lipinski definition) is 3. The fraction of sp³-hybridized carbons (Fsp3) is 0.267. The zero-order valence-corrected chi connectivity index (χ0v) is 12.0. The molecule has 0 saturated carbocycles. The molecule has 0 saturated heterocycles. The van der Waals surface area contributed by atoms with Crippen LogP contribution in [0, 0.1) is 0 Å². The number of carbonyl (C=O) groups is 3. The summed E-state index contributed by atoms with van der Waals surface area (Å²) in [7, 11) is 1.55. The number of carboxylic acid groups (broad SMARTS) is 1. The predicted molar refractivity (Wildman–Crippen MR) is 78.8 cm³/mol. The Morgan fingerprint density at radius 2 is 1.86 bits per heavy atom. The van der Waals surface area contributed by atoms with Crippen molar-refractivity contribution >= 4 is 23.9 Å². The Morgan fingerprint density at radius 3 is 2.38 bits per heavy atom. The van der Waals surface area contributed by atoms with E-state index in [9.17, 15) is 14.4 Å². The summed E-state index contributed by atoms with van der Waals surface area (Å²) in [6, 6.07) is 6.48. The zero-order valence-electron chi connectivity index (χ0n) is 12.0. The van der Waals surface area contributed by atoms with Crippen molar-refractivity contribution in [2.75, 3.05) is 20.1 Å². The van der Waals surface area contributed by atoms with Gasteiger partial charge in [0.2, 0.25) is 5.91 Å². The molecule has 0 bridgehead atoms. The summed E-state index contributed by atoms with van der Waals surface area (Å²) < 4.78 is 0. The van der Waals surface area contributed by atoms with Crippen molar-refractivity contribution in [3.05, 3.63) is 41.5 Å². The van der Waals surface area contributed by atoms with Crippen molar-refractivity contribution in [3.8, 4) is 0 Å². The standard InChI is InChI=1S/C15H18N2O4/c1-3-16-13(18)10-17(2)15(21)12-7-4-11(5-8-12)6-9-14(19)20/h4-9H,3,10H2,1-2H3,(H,16,18)(H,19,20). The summed E-state index contributed by atoms with van der Waals surface area (Å²) in [6.45, 7) is 2.32. The van der Waals surface area contributed by atoms with Gasteiger partial charge in [-0.05, 0) is 30.7 Å².